The van der Waals surface area contributed by atoms with Gasteiger partial charge in [0.2, 0.25) is 0 Å². The fraction of sp³-hybridized carbons (Fsp3) is 0.714. The van der Waals surface area contributed by atoms with Crippen molar-refractivity contribution in [2.75, 3.05) is 0 Å². The van der Waals surface area contributed by atoms with Gasteiger partial charge >= 0.3 is 0 Å². The molecule has 0 N–H and O–H groups in total. The van der Waals surface area contributed by atoms with E-state index in [1.165, 1.54) is 0 Å². The Labute approximate surface area is 64.9 Å². The monoisotopic (exact) mass is 191 g/mol. The van der Waals surface area contributed by atoms with E-state index in [-0.39, 0.29) is 10.1 Å². The van der Waals surface area contributed by atoms with Crippen LogP contribution in [0, 0.1) is 0 Å². The Morgan fingerprint density at radius 3 is 1.67 bits per heavy atom. The molecule has 0 aliphatic heterocycles. The molecule has 0 aromatic heterocycles. The van der Waals surface area contributed by atoms with Gasteiger partial charge in [0.1, 0.15) is 0 Å². The van der Waals surface area contributed by atoms with Gasteiger partial charge in [-0.05, 0) is 27.7 Å². The fourth-order valence-electron chi connectivity index (χ4n) is 0.594. The van der Waals surface area contributed by atoms with Crippen LogP contribution >= 0.6 is 15.9 Å². The predicted octanol–water partition coefficient (Wildman–Crippen LogP) is 1.81. The van der Waals surface area contributed by atoms with E-state index >= 15 is 0 Å². The van der Waals surface area contributed by atoms with E-state index < -0.39 is 0 Å². The van der Waals surface area contributed by atoms with Gasteiger partial charge in [-0.25, -0.2) is 0 Å². The van der Waals surface area contributed by atoms with Crippen molar-refractivity contribution in [3.63, 3.8) is 0 Å². The maximum Gasteiger partial charge on any atom is 0.0309 e. The van der Waals surface area contributed by atoms with E-state index in [4.69, 9.17) is 0 Å². The lowest BCUT2D eigenvalue weighted by atomic mass is 10.1. The molecular weight excluding hydrogens is 180 g/mol. The van der Waals surface area contributed by atoms with Crippen LogP contribution in [0.3, 0.4) is 0 Å². The Hall–Kier alpha value is 0.0200. The maximum absolute atomic E-state index is 11.1. The Morgan fingerprint density at radius 2 is 1.67 bits per heavy atom. The molecule has 0 amide bonds. The first-order valence-electron chi connectivity index (χ1n) is 2.89. The molecule has 0 aliphatic rings. The van der Waals surface area contributed by atoms with Gasteiger partial charge < -0.3 is 5.11 Å². The molecule has 9 heavy (non-hydrogen) atoms. The first-order chi connectivity index (χ1) is 3.85. The van der Waals surface area contributed by atoms with E-state index in [0.29, 0.717) is 0 Å². The molecule has 0 heterocycles. The first kappa shape index (κ1) is 9.02. The second-order valence-electron chi connectivity index (χ2n) is 2.80. The van der Waals surface area contributed by atoms with Crippen molar-refractivity contribution in [3.05, 3.63) is 11.3 Å². The molecule has 0 atom stereocenters. The lowest BCUT2D eigenvalue weighted by Crippen LogP contribution is -2.24. The molecule has 0 bridgehead atoms. The number of hydrogen-bond donors (Lipinski definition) is 0. The summed E-state index contributed by atoms with van der Waals surface area (Å²) >= 11 is 3.27. The number of rotatable bonds is 1. The van der Waals surface area contributed by atoms with Crippen LogP contribution in [0.1, 0.15) is 27.7 Å². The van der Waals surface area contributed by atoms with Crippen LogP contribution in [0.4, 0.5) is 0 Å². The topological polar surface area (TPSA) is 23.1 Å². The van der Waals surface area contributed by atoms with Crippen LogP contribution in [0.25, 0.3) is 0 Å². The van der Waals surface area contributed by atoms with Crippen molar-refractivity contribution in [2.24, 2.45) is 0 Å². The highest BCUT2D eigenvalue weighted by Crippen LogP contribution is 2.23. The highest BCUT2D eigenvalue weighted by Gasteiger charge is 2.10. The molecule has 0 fully saturated rings. The Kier molecular flexibility index (Phi) is 2.74. The summed E-state index contributed by atoms with van der Waals surface area (Å²) in [6, 6.07) is 0. The molecule has 2 heteroatoms. The van der Waals surface area contributed by atoms with Gasteiger partial charge in [-0.15, -0.1) is 5.76 Å². The summed E-state index contributed by atoms with van der Waals surface area (Å²) < 4.78 is -0.383. The van der Waals surface area contributed by atoms with Gasteiger partial charge in [0.05, 0.1) is 0 Å². The van der Waals surface area contributed by atoms with Crippen molar-refractivity contribution in [1.29, 1.82) is 0 Å². The van der Waals surface area contributed by atoms with Crippen molar-refractivity contribution in [1.82, 2.24) is 0 Å². The summed E-state index contributed by atoms with van der Waals surface area (Å²) in [4.78, 5) is 0. The van der Waals surface area contributed by atoms with Crippen molar-refractivity contribution < 1.29 is 5.11 Å². The predicted molar refractivity (Wildman–Crippen MR) is 41.4 cm³/mol. The average Bonchev–Trinajstić information content (AvgIpc) is 1.62. The normalized spacial score (nSPS) is 11.2. The summed E-state index contributed by atoms with van der Waals surface area (Å²) in [6.45, 7) is 7.35. The first-order valence-corrected chi connectivity index (χ1v) is 3.69. The minimum absolute atomic E-state index is 0.169. The van der Waals surface area contributed by atoms with Gasteiger partial charge in [-0.2, -0.15) is 0 Å². The third-order valence-electron chi connectivity index (χ3n) is 0.994. The highest BCUT2D eigenvalue weighted by atomic mass is 79.9. The molecule has 0 saturated carbocycles. The van der Waals surface area contributed by atoms with Gasteiger partial charge in [-0.1, -0.05) is 21.5 Å². The van der Waals surface area contributed by atoms with E-state index in [9.17, 15) is 5.11 Å². The molecule has 0 aliphatic carbocycles. The van der Waals surface area contributed by atoms with Crippen LogP contribution in [-0.4, -0.2) is 4.32 Å². The standard InChI is InChI=1S/C7H13BrO/c1-5(2)6(9)7(3,4)8/h9H,1-4H3/p-1. The molecule has 0 aromatic carbocycles. The number of hydrogen-bond acceptors (Lipinski definition) is 1. The minimum Gasteiger partial charge on any atom is -0.875 e. The second-order valence-corrected chi connectivity index (χ2v) is 4.78. The van der Waals surface area contributed by atoms with Crippen molar-refractivity contribution in [2.45, 2.75) is 32.0 Å². The molecule has 54 valence electrons. The van der Waals surface area contributed by atoms with E-state index in [0.717, 1.165) is 5.57 Å². The lowest BCUT2D eigenvalue weighted by Gasteiger charge is -2.27. The van der Waals surface area contributed by atoms with Crippen molar-refractivity contribution >= 4 is 15.9 Å². The summed E-state index contributed by atoms with van der Waals surface area (Å²) in [5.74, 6) is 0.169. The molecular formula is C7H12BrO-. The zero-order chi connectivity index (χ0) is 7.65. The zero-order valence-corrected chi connectivity index (χ0v) is 7.87. The summed E-state index contributed by atoms with van der Waals surface area (Å²) in [7, 11) is 0. The highest BCUT2D eigenvalue weighted by molar-refractivity contribution is 9.10. The maximum atomic E-state index is 11.1. The number of halogens is 1. The quantitative estimate of drug-likeness (QED) is 0.459. The molecule has 0 rings (SSSR count). The van der Waals surface area contributed by atoms with E-state index in [2.05, 4.69) is 15.9 Å². The van der Waals surface area contributed by atoms with Crippen LogP contribution in [-0.2, 0) is 0 Å². The molecule has 0 radical (unpaired) electrons. The van der Waals surface area contributed by atoms with Gasteiger partial charge in [0, 0.05) is 4.32 Å². The lowest BCUT2D eigenvalue weighted by molar-refractivity contribution is -0.311. The van der Waals surface area contributed by atoms with E-state index in [1.807, 2.05) is 27.7 Å². The van der Waals surface area contributed by atoms with Crippen LogP contribution < -0.4 is 5.11 Å². The third-order valence-corrected chi connectivity index (χ3v) is 1.35. The summed E-state index contributed by atoms with van der Waals surface area (Å²) in [5.41, 5.74) is 0.844. The largest absolute Gasteiger partial charge is 0.875 e. The Balaban J connectivity index is 4.40. The molecule has 0 aromatic rings. The van der Waals surface area contributed by atoms with E-state index in [1.54, 1.807) is 0 Å². The van der Waals surface area contributed by atoms with Crippen LogP contribution in [0.5, 0.6) is 0 Å². The molecule has 0 saturated heterocycles. The SMILES string of the molecule is CC(C)=C([O-])C(C)(C)Br. The van der Waals surface area contributed by atoms with Crippen LogP contribution in [0.15, 0.2) is 11.3 Å². The summed E-state index contributed by atoms with van der Waals surface area (Å²) in [6.07, 6.45) is 0. The number of allylic oxidation sites excluding steroid dienone is 2. The molecule has 0 spiro atoms. The van der Waals surface area contributed by atoms with Crippen LogP contribution in [0.2, 0.25) is 0 Å². The summed E-state index contributed by atoms with van der Waals surface area (Å²) in [5, 5.41) is 11.1. The Bertz CT molecular complexity index is 126. The smallest absolute Gasteiger partial charge is 0.0309 e. The average molecular weight is 192 g/mol. The third kappa shape index (κ3) is 2.89. The molecule has 0 unspecified atom stereocenters. The van der Waals surface area contributed by atoms with Gasteiger partial charge in [0.25, 0.3) is 0 Å². The minimum atomic E-state index is -0.383. The van der Waals surface area contributed by atoms with Crippen molar-refractivity contribution in [3.8, 4) is 0 Å². The molecule has 1 nitrogen and oxygen atoms in total. The van der Waals surface area contributed by atoms with Gasteiger partial charge in [0.15, 0.2) is 0 Å². The Morgan fingerprint density at radius 1 is 1.33 bits per heavy atom. The zero-order valence-electron chi connectivity index (χ0n) is 6.29. The fourth-order valence-corrected chi connectivity index (χ4v) is 0.991. The number of alkyl halides is 1. The second kappa shape index (κ2) is 2.74. The van der Waals surface area contributed by atoms with Gasteiger partial charge in [-0.3, -0.25) is 0 Å².